The maximum atomic E-state index is 14.1. The van der Waals surface area contributed by atoms with Crippen LogP contribution in [-0.4, -0.2) is 16.0 Å². The number of pyridine rings is 2. The number of nitrogens with zero attached hydrogens (tertiary/aromatic N) is 2. The van der Waals surface area contributed by atoms with Crippen molar-refractivity contribution in [1.82, 2.24) is 9.55 Å². The maximum Gasteiger partial charge on any atom is 0.293 e. The smallest absolute Gasteiger partial charge is 0.293 e. The van der Waals surface area contributed by atoms with Crippen LogP contribution in [0.4, 0.5) is 10.1 Å². The van der Waals surface area contributed by atoms with E-state index in [1.54, 1.807) is 17.6 Å². The fourth-order valence-electron chi connectivity index (χ4n) is 3.98. The molecule has 1 aromatic carbocycles. The zero-order valence-corrected chi connectivity index (χ0v) is 16.5. The van der Waals surface area contributed by atoms with Crippen LogP contribution in [-0.2, 0) is 29.1 Å². The van der Waals surface area contributed by atoms with Crippen molar-refractivity contribution in [2.75, 3.05) is 5.73 Å². The van der Waals surface area contributed by atoms with Gasteiger partial charge in [-0.1, -0.05) is 6.58 Å². The van der Waals surface area contributed by atoms with E-state index in [9.17, 15) is 14.0 Å². The van der Waals surface area contributed by atoms with E-state index in [-0.39, 0.29) is 17.9 Å². The van der Waals surface area contributed by atoms with Gasteiger partial charge in [-0.3, -0.25) is 9.59 Å². The number of rotatable bonds is 6. The largest absolute Gasteiger partial charge is 0.463 e. The minimum absolute atomic E-state index is 0.0360. The molecule has 2 aromatic heterocycles. The van der Waals surface area contributed by atoms with Crippen molar-refractivity contribution in [3.8, 4) is 11.4 Å². The summed E-state index contributed by atoms with van der Waals surface area (Å²) in [7, 11) is 0. The molecule has 0 saturated carbocycles. The molecule has 8 heteroatoms. The predicted octanol–water partition coefficient (Wildman–Crippen LogP) is 2.53. The van der Waals surface area contributed by atoms with E-state index in [2.05, 4.69) is 11.6 Å². The van der Waals surface area contributed by atoms with Crippen molar-refractivity contribution in [1.29, 1.82) is 0 Å². The van der Waals surface area contributed by atoms with Crippen molar-refractivity contribution in [3.05, 3.63) is 68.9 Å². The molecule has 0 amide bonds. The van der Waals surface area contributed by atoms with Gasteiger partial charge in [-0.25, -0.2) is 9.37 Å². The third-order valence-corrected chi connectivity index (χ3v) is 5.50. The zero-order chi connectivity index (χ0) is 21.6. The molecule has 3 heterocycles. The summed E-state index contributed by atoms with van der Waals surface area (Å²) in [5, 5.41) is 0.732. The van der Waals surface area contributed by atoms with Crippen LogP contribution < -0.4 is 17.0 Å². The highest BCUT2D eigenvalue weighted by atomic mass is 19.1. The molecule has 1 aliphatic rings. The van der Waals surface area contributed by atoms with Gasteiger partial charge in [0.25, 0.3) is 12.0 Å². The molecule has 0 fully saturated rings. The van der Waals surface area contributed by atoms with Crippen molar-refractivity contribution in [2.45, 2.75) is 32.9 Å². The molecule has 30 heavy (non-hydrogen) atoms. The number of allylic oxidation sites excluding steroid dienone is 1. The van der Waals surface area contributed by atoms with Gasteiger partial charge in [-0.15, -0.1) is 0 Å². The Morgan fingerprint density at radius 1 is 1.37 bits per heavy atom. The lowest BCUT2D eigenvalue weighted by atomic mass is 9.96. The predicted molar refractivity (Wildman–Crippen MR) is 112 cm³/mol. The average molecular weight is 408 g/mol. The van der Waals surface area contributed by atoms with E-state index in [0.29, 0.717) is 59.6 Å². The molecule has 0 unspecified atom stereocenters. The number of aryl methyl sites for hydroxylation is 2. The first-order valence-corrected chi connectivity index (χ1v) is 9.44. The molecule has 1 aliphatic heterocycles. The highest BCUT2D eigenvalue weighted by Crippen LogP contribution is 2.37. The second-order valence-electron chi connectivity index (χ2n) is 7.46. The second-order valence-corrected chi connectivity index (χ2v) is 7.46. The first-order chi connectivity index (χ1) is 14.3. The van der Waals surface area contributed by atoms with E-state index in [0.717, 1.165) is 16.5 Å². The van der Waals surface area contributed by atoms with Crippen LogP contribution in [0, 0.1) is 12.7 Å². The number of ether oxygens (including phenoxy) is 1. The zero-order valence-electron chi connectivity index (χ0n) is 16.5. The first-order valence-electron chi connectivity index (χ1n) is 9.44. The summed E-state index contributed by atoms with van der Waals surface area (Å²) < 4.78 is 20.6. The number of nitrogens with two attached hydrogens (primary N) is 2. The molecule has 4 rings (SSSR count). The summed E-state index contributed by atoms with van der Waals surface area (Å²) in [6.07, 6.45) is 1.09. The van der Waals surface area contributed by atoms with Crippen LogP contribution in [0.3, 0.4) is 0 Å². The molecule has 0 atom stereocenters. The number of hydrogen-bond acceptors (Lipinski definition) is 6. The van der Waals surface area contributed by atoms with E-state index in [4.69, 9.17) is 16.2 Å². The van der Waals surface area contributed by atoms with Gasteiger partial charge in [0.1, 0.15) is 12.4 Å². The van der Waals surface area contributed by atoms with Gasteiger partial charge in [0, 0.05) is 22.7 Å². The molecular formula is C22H21FN4O3. The highest BCUT2D eigenvalue weighted by molar-refractivity contribution is 5.90. The number of hydrogen-bond donors (Lipinski definition) is 2. The van der Waals surface area contributed by atoms with Crippen LogP contribution in [0.5, 0.6) is 0 Å². The molecule has 0 spiro atoms. The number of carbonyl (C=O) groups is 1. The van der Waals surface area contributed by atoms with Crippen LogP contribution >= 0.6 is 0 Å². The monoisotopic (exact) mass is 408 g/mol. The summed E-state index contributed by atoms with van der Waals surface area (Å²) in [4.78, 5) is 28.3. The molecule has 154 valence electrons. The molecule has 3 aromatic rings. The molecule has 0 radical (unpaired) electrons. The summed E-state index contributed by atoms with van der Waals surface area (Å²) in [6.45, 7) is 6.07. The Morgan fingerprint density at radius 3 is 2.83 bits per heavy atom. The number of nitrogen functional groups attached to an aromatic ring is 1. The van der Waals surface area contributed by atoms with Crippen molar-refractivity contribution in [2.24, 2.45) is 5.73 Å². The number of aromatic nitrogens is 2. The van der Waals surface area contributed by atoms with Crippen LogP contribution in [0.1, 0.15) is 28.7 Å². The fraction of sp³-hybridized carbons (Fsp3) is 0.227. The molecule has 0 aliphatic carbocycles. The first kappa shape index (κ1) is 19.6. The van der Waals surface area contributed by atoms with Crippen molar-refractivity contribution < 1.29 is 13.9 Å². The van der Waals surface area contributed by atoms with Gasteiger partial charge in [-0.2, -0.15) is 0 Å². The fourth-order valence-corrected chi connectivity index (χ4v) is 3.98. The lowest BCUT2D eigenvalue weighted by molar-refractivity contribution is -0.129. The summed E-state index contributed by atoms with van der Waals surface area (Å²) >= 11 is 0. The summed E-state index contributed by atoms with van der Waals surface area (Å²) in [5.74, 6) is -0.544. The Morgan fingerprint density at radius 2 is 2.13 bits per heavy atom. The van der Waals surface area contributed by atoms with E-state index < -0.39 is 5.82 Å². The number of fused-ring (bicyclic) bond motifs is 4. The molecule has 0 bridgehead atoms. The Bertz CT molecular complexity index is 1280. The Hall–Kier alpha value is -3.68. The Balaban J connectivity index is 1.97. The lowest BCUT2D eigenvalue weighted by Crippen LogP contribution is -2.24. The van der Waals surface area contributed by atoms with E-state index >= 15 is 0 Å². The maximum absolute atomic E-state index is 14.1. The number of carbonyl (C=O) groups excluding carboxylic acids is 1. The topological polar surface area (TPSA) is 113 Å². The SMILES string of the molecule is C=C(N)CCc1c2c(nc3cc(F)c(N)cc13)-c1cc(C)c(COC=O)c(=O)n1C2. The number of halogens is 1. The van der Waals surface area contributed by atoms with Crippen LogP contribution in [0.25, 0.3) is 22.3 Å². The van der Waals surface area contributed by atoms with Gasteiger partial charge < -0.3 is 20.8 Å². The average Bonchev–Trinajstić information content (AvgIpc) is 3.04. The number of anilines is 1. The Kier molecular flexibility index (Phi) is 4.77. The minimum Gasteiger partial charge on any atom is -0.463 e. The van der Waals surface area contributed by atoms with Crippen LogP contribution in [0.15, 0.2) is 35.3 Å². The highest BCUT2D eigenvalue weighted by Gasteiger charge is 2.27. The quantitative estimate of drug-likeness (QED) is 0.374. The van der Waals surface area contributed by atoms with Crippen LogP contribution in [0.2, 0.25) is 0 Å². The molecule has 4 N–H and O–H groups in total. The van der Waals surface area contributed by atoms with Gasteiger partial charge in [0.05, 0.1) is 34.7 Å². The molecule has 0 saturated heterocycles. The third-order valence-electron chi connectivity index (χ3n) is 5.50. The van der Waals surface area contributed by atoms with Gasteiger partial charge in [0.15, 0.2) is 0 Å². The van der Waals surface area contributed by atoms with E-state index in [1.807, 2.05) is 6.07 Å². The molecular weight excluding hydrogens is 387 g/mol. The third kappa shape index (κ3) is 3.10. The van der Waals surface area contributed by atoms with Crippen molar-refractivity contribution >= 4 is 23.1 Å². The van der Waals surface area contributed by atoms with Gasteiger partial charge in [-0.05, 0) is 43.0 Å². The van der Waals surface area contributed by atoms with Gasteiger partial charge in [0.2, 0.25) is 0 Å². The standard InChI is InChI=1S/C22H21FN4O3/c1-11-5-20-21-15(8-27(20)22(29)16(11)9-30-10-28)13(4-3-12(2)24)14-6-18(25)17(23)7-19(14)26-21/h5-7,10H,2-4,8-9,24-25H2,1H3. The summed E-state index contributed by atoms with van der Waals surface area (Å²) in [6, 6.07) is 4.73. The molecule has 7 nitrogen and oxygen atoms in total. The van der Waals surface area contributed by atoms with Gasteiger partial charge >= 0.3 is 0 Å². The van der Waals surface area contributed by atoms with Crippen molar-refractivity contribution in [3.63, 3.8) is 0 Å². The normalized spacial score (nSPS) is 11.9. The summed E-state index contributed by atoms with van der Waals surface area (Å²) in [5.41, 5.74) is 16.6. The van der Waals surface area contributed by atoms with E-state index in [1.165, 1.54) is 6.07 Å². The number of benzene rings is 1. The minimum atomic E-state index is -0.544. The second kappa shape index (κ2) is 7.29. The lowest BCUT2D eigenvalue weighted by Gasteiger charge is -2.13. The Labute approximate surface area is 171 Å².